The molecular weight excluding hydrogens is 184 g/mol. The van der Waals surface area contributed by atoms with Crippen LogP contribution < -0.4 is 6.15 Å². The van der Waals surface area contributed by atoms with Crippen LogP contribution in [0.3, 0.4) is 0 Å². The van der Waals surface area contributed by atoms with Gasteiger partial charge >= 0.3 is 19.5 Å². The normalized spacial score (nSPS) is 3.00. The van der Waals surface area contributed by atoms with Crippen LogP contribution in [0.4, 0.5) is 0 Å². The summed E-state index contributed by atoms with van der Waals surface area (Å²) >= 11 is 0. The van der Waals surface area contributed by atoms with Gasteiger partial charge in [-0.15, -0.1) is 13.2 Å². The van der Waals surface area contributed by atoms with E-state index >= 15 is 0 Å². The van der Waals surface area contributed by atoms with Crippen molar-refractivity contribution in [1.29, 1.82) is 0 Å². The SMILES string of the molecule is C=C[SiH2-].C=C[SiH2-].N.[Zn+2]. The first-order valence-corrected chi connectivity index (χ1v) is 3.27. The zero-order chi connectivity index (χ0) is 5.41. The minimum absolute atomic E-state index is 0. The van der Waals surface area contributed by atoms with Gasteiger partial charge in [0.1, 0.15) is 0 Å². The molecular formula is C4H13NSi2Zn. The largest absolute Gasteiger partial charge is 2.00 e. The van der Waals surface area contributed by atoms with Crippen LogP contribution in [0.15, 0.2) is 24.6 Å². The van der Waals surface area contributed by atoms with Crippen molar-refractivity contribution in [2.24, 2.45) is 0 Å². The third kappa shape index (κ3) is 794. The van der Waals surface area contributed by atoms with E-state index in [0.717, 1.165) is 0 Å². The van der Waals surface area contributed by atoms with Crippen LogP contribution in [0, 0.1) is 0 Å². The minimum Gasteiger partial charge on any atom is -0.344 e. The van der Waals surface area contributed by atoms with Gasteiger partial charge in [0.05, 0.1) is 0 Å². The Kier molecular flexibility index (Phi) is 150. The Morgan fingerprint density at radius 3 is 1.00 bits per heavy atom. The van der Waals surface area contributed by atoms with E-state index in [1.54, 1.807) is 31.9 Å². The van der Waals surface area contributed by atoms with E-state index in [2.05, 4.69) is 13.2 Å². The average molecular weight is 197 g/mol. The van der Waals surface area contributed by atoms with Crippen molar-refractivity contribution < 1.29 is 19.5 Å². The summed E-state index contributed by atoms with van der Waals surface area (Å²) < 4.78 is 0. The molecule has 0 atom stereocenters. The molecule has 0 unspecified atom stereocenters. The molecule has 0 spiro atoms. The molecule has 1 nitrogen and oxygen atoms in total. The van der Waals surface area contributed by atoms with Gasteiger partial charge in [-0.3, -0.25) is 0 Å². The molecule has 0 aliphatic carbocycles. The third-order valence-electron chi connectivity index (χ3n) is 0. The summed E-state index contributed by atoms with van der Waals surface area (Å²) in [5.41, 5.74) is 3.56. The first kappa shape index (κ1) is 23.6. The second kappa shape index (κ2) is 50.8. The van der Waals surface area contributed by atoms with Gasteiger partial charge in [-0.2, -0.15) is 0 Å². The summed E-state index contributed by atoms with van der Waals surface area (Å²) in [5.74, 6) is 0. The second-order valence-corrected chi connectivity index (χ2v) is 1.73. The maximum absolute atomic E-state index is 3.37. The van der Waals surface area contributed by atoms with Gasteiger partial charge in [-0.1, -0.05) is 0 Å². The fourth-order valence-electron chi connectivity index (χ4n) is 0. The molecule has 8 heavy (non-hydrogen) atoms. The van der Waals surface area contributed by atoms with Crippen LogP contribution >= 0.6 is 0 Å². The Morgan fingerprint density at radius 2 is 1.00 bits per heavy atom. The molecule has 0 aromatic rings. The average Bonchev–Trinajstić information content (AvgIpc) is 1.39. The first-order valence-electron chi connectivity index (χ1n) is 1.63. The molecule has 0 aromatic heterocycles. The number of hydrogen-bond donors (Lipinski definition) is 1. The number of hydrogen-bond acceptors (Lipinski definition) is 1. The van der Waals surface area contributed by atoms with E-state index in [9.17, 15) is 0 Å². The van der Waals surface area contributed by atoms with Gasteiger partial charge in [0.15, 0.2) is 0 Å². The molecule has 0 saturated heterocycles. The minimum atomic E-state index is 0. The van der Waals surface area contributed by atoms with Crippen molar-refractivity contribution in [3.05, 3.63) is 24.6 Å². The Balaban J connectivity index is -0.0000000160. The van der Waals surface area contributed by atoms with Gasteiger partial charge in [-0.05, 0) is 0 Å². The molecule has 0 bridgehead atoms. The Morgan fingerprint density at radius 1 is 1.00 bits per heavy atom. The molecule has 0 heterocycles. The van der Waals surface area contributed by atoms with Gasteiger partial charge in [0, 0.05) is 0 Å². The zero-order valence-corrected chi connectivity index (χ0v) is 11.2. The molecule has 0 aromatic carbocycles. The van der Waals surface area contributed by atoms with E-state index in [1.165, 1.54) is 0 Å². The predicted octanol–water partition coefficient (Wildman–Crippen LogP) is -0.315. The quantitative estimate of drug-likeness (QED) is 0.530. The maximum atomic E-state index is 3.37. The molecule has 0 rings (SSSR count). The summed E-state index contributed by atoms with van der Waals surface area (Å²) in [5, 5.41) is 0. The van der Waals surface area contributed by atoms with E-state index in [4.69, 9.17) is 0 Å². The van der Waals surface area contributed by atoms with Crippen LogP contribution in [-0.2, 0) is 19.5 Å². The molecule has 0 amide bonds. The van der Waals surface area contributed by atoms with Gasteiger partial charge < -0.3 is 26.6 Å². The van der Waals surface area contributed by atoms with Crippen molar-refractivity contribution in [2.45, 2.75) is 0 Å². The first-order chi connectivity index (χ1) is 2.83. The van der Waals surface area contributed by atoms with Crippen LogP contribution in [-0.4, -0.2) is 20.5 Å². The van der Waals surface area contributed by atoms with E-state index in [-0.39, 0.29) is 25.6 Å². The second-order valence-electron chi connectivity index (χ2n) is 0.577. The molecule has 0 saturated carbocycles. The Hall–Kier alpha value is 0.497. The van der Waals surface area contributed by atoms with Crippen molar-refractivity contribution >= 4 is 20.5 Å². The van der Waals surface area contributed by atoms with E-state index in [0.29, 0.717) is 0 Å². The van der Waals surface area contributed by atoms with Crippen molar-refractivity contribution in [2.75, 3.05) is 0 Å². The smallest absolute Gasteiger partial charge is 0.344 e. The molecule has 3 N–H and O–H groups in total. The molecule has 0 fully saturated rings. The van der Waals surface area contributed by atoms with Gasteiger partial charge in [0.2, 0.25) is 0 Å². The van der Waals surface area contributed by atoms with Crippen LogP contribution in [0.5, 0.6) is 0 Å². The summed E-state index contributed by atoms with van der Waals surface area (Å²) in [7, 11) is 3.48. The predicted molar refractivity (Wildman–Crippen MR) is 42.5 cm³/mol. The fraction of sp³-hybridized carbons (Fsp3) is 0. The molecule has 0 radical (unpaired) electrons. The molecule has 44 valence electrons. The van der Waals surface area contributed by atoms with Crippen molar-refractivity contribution in [3.63, 3.8) is 0 Å². The fourth-order valence-corrected chi connectivity index (χ4v) is 0. The summed E-state index contributed by atoms with van der Waals surface area (Å²) in [4.78, 5) is 0. The van der Waals surface area contributed by atoms with Crippen LogP contribution in [0.25, 0.3) is 0 Å². The van der Waals surface area contributed by atoms with Crippen LogP contribution in [0.1, 0.15) is 0 Å². The van der Waals surface area contributed by atoms with Crippen LogP contribution in [0.2, 0.25) is 0 Å². The summed E-state index contributed by atoms with van der Waals surface area (Å²) in [6.07, 6.45) is 0. The zero-order valence-electron chi connectivity index (χ0n) is 5.40. The standard InChI is InChI=1S/2C2H5Si.H3N.Zn/c2*1-2-3;;/h2*2H,1,3H2;1H3;/q2*-1;;+2. The maximum Gasteiger partial charge on any atom is 2.00 e. The molecule has 0 aliphatic rings. The summed E-state index contributed by atoms with van der Waals surface area (Å²) in [6, 6.07) is 0. The van der Waals surface area contributed by atoms with E-state index < -0.39 is 0 Å². The van der Waals surface area contributed by atoms with Gasteiger partial charge in [-0.25, -0.2) is 11.4 Å². The monoisotopic (exact) mass is 195 g/mol. The molecule has 0 aliphatic heterocycles. The van der Waals surface area contributed by atoms with Crippen molar-refractivity contribution in [1.82, 2.24) is 6.15 Å². The summed E-state index contributed by atoms with van der Waals surface area (Å²) in [6.45, 7) is 6.75. The Labute approximate surface area is 70.8 Å². The molecule has 4 heteroatoms. The topological polar surface area (TPSA) is 35.0 Å². The third-order valence-corrected chi connectivity index (χ3v) is 0. The van der Waals surface area contributed by atoms with Crippen molar-refractivity contribution in [3.8, 4) is 0 Å². The number of rotatable bonds is 0. The Bertz CT molecular complexity index is 35.0. The van der Waals surface area contributed by atoms with E-state index in [1.807, 2.05) is 0 Å². The van der Waals surface area contributed by atoms with Gasteiger partial charge in [0.25, 0.3) is 0 Å².